The summed E-state index contributed by atoms with van der Waals surface area (Å²) in [6.07, 6.45) is 1.81. The van der Waals surface area contributed by atoms with E-state index >= 15 is 0 Å². The van der Waals surface area contributed by atoms with Crippen molar-refractivity contribution in [3.05, 3.63) is 23.7 Å². The van der Waals surface area contributed by atoms with Crippen LogP contribution in [0, 0.1) is 0 Å². The van der Waals surface area contributed by atoms with Crippen LogP contribution in [0.4, 0.5) is 0 Å². The fourth-order valence-electron chi connectivity index (χ4n) is 1.22. The van der Waals surface area contributed by atoms with Gasteiger partial charge in [-0.2, -0.15) is 0 Å². The molecular formula is C11H19NO2. The van der Waals surface area contributed by atoms with E-state index in [-0.39, 0.29) is 5.54 Å². The topological polar surface area (TPSA) is 48.4 Å². The van der Waals surface area contributed by atoms with Crippen LogP contribution in [0.1, 0.15) is 31.8 Å². The number of methoxy groups -OCH3 is 1. The molecular weight excluding hydrogens is 178 g/mol. The third-order valence-electron chi connectivity index (χ3n) is 2.02. The van der Waals surface area contributed by atoms with E-state index in [4.69, 9.17) is 14.9 Å². The zero-order chi connectivity index (χ0) is 10.6. The fourth-order valence-corrected chi connectivity index (χ4v) is 1.22. The van der Waals surface area contributed by atoms with E-state index in [1.54, 1.807) is 7.11 Å². The Morgan fingerprint density at radius 2 is 2.00 bits per heavy atom. The molecule has 1 aromatic rings. The fraction of sp³-hybridized carbons (Fsp3) is 0.636. The lowest BCUT2D eigenvalue weighted by molar-refractivity contribution is 0.162. The Kier molecular flexibility index (Phi) is 3.72. The summed E-state index contributed by atoms with van der Waals surface area (Å²) in [6.45, 7) is 4.57. The minimum absolute atomic E-state index is 0.131. The number of ether oxygens (including phenoxy) is 1. The van der Waals surface area contributed by atoms with Crippen molar-refractivity contribution < 1.29 is 9.15 Å². The van der Waals surface area contributed by atoms with Gasteiger partial charge in [0.2, 0.25) is 0 Å². The molecule has 3 nitrogen and oxygen atoms in total. The molecule has 0 spiro atoms. The summed E-state index contributed by atoms with van der Waals surface area (Å²) in [6, 6.07) is 3.93. The average Bonchev–Trinajstić information content (AvgIpc) is 2.49. The van der Waals surface area contributed by atoms with Crippen LogP contribution in [0.5, 0.6) is 0 Å². The lowest BCUT2D eigenvalue weighted by Crippen LogP contribution is -2.32. The maximum Gasteiger partial charge on any atom is 0.129 e. The van der Waals surface area contributed by atoms with Crippen LogP contribution >= 0.6 is 0 Å². The second-order valence-electron chi connectivity index (χ2n) is 4.29. The third-order valence-corrected chi connectivity index (χ3v) is 2.02. The summed E-state index contributed by atoms with van der Waals surface area (Å²) in [5.74, 6) is 1.85. The van der Waals surface area contributed by atoms with Gasteiger partial charge in [-0.1, -0.05) is 0 Å². The van der Waals surface area contributed by atoms with Gasteiger partial charge in [0.05, 0.1) is 0 Å². The molecule has 0 saturated carbocycles. The van der Waals surface area contributed by atoms with Gasteiger partial charge >= 0.3 is 0 Å². The quantitative estimate of drug-likeness (QED) is 0.786. The maximum atomic E-state index is 5.88. The number of hydrogen-bond donors (Lipinski definition) is 1. The van der Waals surface area contributed by atoms with E-state index in [9.17, 15) is 0 Å². The summed E-state index contributed by atoms with van der Waals surface area (Å²) in [4.78, 5) is 0. The Morgan fingerprint density at radius 1 is 1.36 bits per heavy atom. The normalized spacial score (nSPS) is 12.0. The van der Waals surface area contributed by atoms with Crippen LogP contribution < -0.4 is 5.73 Å². The van der Waals surface area contributed by atoms with E-state index < -0.39 is 0 Å². The van der Waals surface area contributed by atoms with E-state index in [2.05, 4.69) is 0 Å². The second kappa shape index (κ2) is 4.62. The van der Waals surface area contributed by atoms with Gasteiger partial charge in [-0.05, 0) is 32.4 Å². The Balaban J connectivity index is 2.44. The van der Waals surface area contributed by atoms with Crippen LogP contribution in [0.25, 0.3) is 0 Å². The SMILES string of the molecule is COCc1ccc(CCC(C)(C)N)o1. The summed E-state index contributed by atoms with van der Waals surface area (Å²) in [5.41, 5.74) is 5.75. The monoisotopic (exact) mass is 197 g/mol. The van der Waals surface area contributed by atoms with Crippen molar-refractivity contribution >= 4 is 0 Å². The zero-order valence-corrected chi connectivity index (χ0v) is 9.17. The molecule has 0 aliphatic heterocycles. The second-order valence-corrected chi connectivity index (χ2v) is 4.29. The Labute approximate surface area is 85.2 Å². The lowest BCUT2D eigenvalue weighted by atomic mass is 9.99. The predicted molar refractivity (Wildman–Crippen MR) is 56.0 cm³/mol. The molecule has 3 heteroatoms. The first kappa shape index (κ1) is 11.3. The van der Waals surface area contributed by atoms with Crippen molar-refractivity contribution in [3.8, 4) is 0 Å². The predicted octanol–water partition coefficient (Wildman–Crippen LogP) is 2.10. The number of hydrogen-bond acceptors (Lipinski definition) is 3. The Hall–Kier alpha value is -0.800. The summed E-state index contributed by atoms with van der Waals surface area (Å²) in [5, 5.41) is 0. The molecule has 0 fully saturated rings. The van der Waals surface area contributed by atoms with E-state index in [0.29, 0.717) is 6.61 Å². The maximum absolute atomic E-state index is 5.88. The average molecular weight is 197 g/mol. The van der Waals surface area contributed by atoms with E-state index in [1.165, 1.54) is 0 Å². The van der Waals surface area contributed by atoms with Gasteiger partial charge < -0.3 is 14.9 Å². The molecule has 0 aliphatic rings. The summed E-state index contributed by atoms with van der Waals surface area (Å²) >= 11 is 0. The van der Waals surface area contributed by atoms with Crippen LogP contribution in [0.15, 0.2) is 16.5 Å². The highest BCUT2D eigenvalue weighted by atomic mass is 16.5. The highest BCUT2D eigenvalue weighted by Crippen LogP contribution is 2.14. The largest absolute Gasteiger partial charge is 0.464 e. The first-order chi connectivity index (χ1) is 6.51. The molecule has 1 heterocycles. The van der Waals surface area contributed by atoms with Crippen molar-refractivity contribution in [1.29, 1.82) is 0 Å². The first-order valence-electron chi connectivity index (χ1n) is 4.87. The van der Waals surface area contributed by atoms with Gasteiger partial charge in [-0.3, -0.25) is 0 Å². The number of aryl methyl sites for hydroxylation is 1. The minimum atomic E-state index is -0.131. The van der Waals surface area contributed by atoms with Gasteiger partial charge in [-0.15, -0.1) is 0 Å². The van der Waals surface area contributed by atoms with Crippen molar-refractivity contribution in [3.63, 3.8) is 0 Å². The number of furan rings is 1. The molecule has 80 valence electrons. The molecule has 14 heavy (non-hydrogen) atoms. The summed E-state index contributed by atoms with van der Waals surface area (Å²) < 4.78 is 10.5. The highest BCUT2D eigenvalue weighted by Gasteiger charge is 2.11. The first-order valence-corrected chi connectivity index (χ1v) is 4.87. The smallest absolute Gasteiger partial charge is 0.129 e. The molecule has 0 saturated heterocycles. The highest BCUT2D eigenvalue weighted by molar-refractivity contribution is 5.07. The van der Waals surface area contributed by atoms with Crippen molar-refractivity contribution in [1.82, 2.24) is 0 Å². The number of rotatable bonds is 5. The Bertz CT molecular complexity index is 273. The standard InChI is InChI=1S/C11H19NO2/c1-11(2,12)7-6-9-4-5-10(14-9)8-13-3/h4-5H,6-8,12H2,1-3H3. The third kappa shape index (κ3) is 3.94. The van der Waals surface area contributed by atoms with Crippen LogP contribution in [-0.2, 0) is 17.8 Å². The van der Waals surface area contributed by atoms with Crippen LogP contribution in [-0.4, -0.2) is 12.6 Å². The lowest BCUT2D eigenvalue weighted by Gasteiger charge is -2.16. The van der Waals surface area contributed by atoms with Gasteiger partial charge in [-0.25, -0.2) is 0 Å². The zero-order valence-electron chi connectivity index (χ0n) is 9.17. The molecule has 0 amide bonds. The molecule has 0 aliphatic carbocycles. The Morgan fingerprint density at radius 3 is 2.57 bits per heavy atom. The van der Waals surface area contributed by atoms with Gasteiger partial charge in [0.25, 0.3) is 0 Å². The van der Waals surface area contributed by atoms with Gasteiger partial charge in [0.15, 0.2) is 0 Å². The number of nitrogens with two attached hydrogens (primary N) is 1. The minimum Gasteiger partial charge on any atom is -0.464 e. The molecule has 0 radical (unpaired) electrons. The molecule has 1 aromatic heterocycles. The molecule has 1 rings (SSSR count). The summed E-state index contributed by atoms with van der Waals surface area (Å²) in [7, 11) is 1.66. The van der Waals surface area contributed by atoms with Crippen LogP contribution in [0.3, 0.4) is 0 Å². The molecule has 0 atom stereocenters. The van der Waals surface area contributed by atoms with E-state index in [0.717, 1.165) is 24.4 Å². The van der Waals surface area contributed by atoms with Crippen LogP contribution in [0.2, 0.25) is 0 Å². The van der Waals surface area contributed by atoms with Gasteiger partial charge in [0.1, 0.15) is 18.1 Å². The van der Waals surface area contributed by atoms with Crippen molar-refractivity contribution in [2.45, 2.75) is 38.8 Å². The molecule has 2 N–H and O–H groups in total. The molecule has 0 unspecified atom stereocenters. The van der Waals surface area contributed by atoms with Gasteiger partial charge in [0, 0.05) is 19.1 Å². The van der Waals surface area contributed by atoms with E-state index in [1.807, 2.05) is 26.0 Å². The van der Waals surface area contributed by atoms with Crippen molar-refractivity contribution in [2.24, 2.45) is 5.73 Å². The molecule has 0 bridgehead atoms. The van der Waals surface area contributed by atoms with Crippen molar-refractivity contribution in [2.75, 3.05) is 7.11 Å². The molecule has 0 aromatic carbocycles.